The number of pyridine rings is 1. The lowest BCUT2D eigenvalue weighted by molar-refractivity contribution is -0.129. The van der Waals surface area contributed by atoms with Crippen LogP contribution in [-0.4, -0.2) is 31.1 Å². The molecule has 0 fully saturated rings. The van der Waals surface area contributed by atoms with Gasteiger partial charge in [0.15, 0.2) is 13.9 Å². The van der Waals surface area contributed by atoms with Gasteiger partial charge in [0.2, 0.25) is 0 Å². The largest absolute Gasteiger partial charge is 0.486 e. The van der Waals surface area contributed by atoms with E-state index in [4.69, 9.17) is 13.9 Å². The average molecular weight is 390 g/mol. The summed E-state index contributed by atoms with van der Waals surface area (Å²) in [7, 11) is -1.96. The minimum atomic E-state index is -1.96. The van der Waals surface area contributed by atoms with Crippen LogP contribution in [0.3, 0.4) is 0 Å². The van der Waals surface area contributed by atoms with Crippen LogP contribution in [0.1, 0.15) is 53.5 Å². The molecule has 0 saturated heterocycles. The Morgan fingerprint density at radius 2 is 2.04 bits per heavy atom. The highest BCUT2D eigenvalue weighted by Gasteiger charge is 2.49. The van der Waals surface area contributed by atoms with Crippen molar-refractivity contribution in [2.24, 2.45) is 0 Å². The number of allylic oxidation sites excluding steroid dienone is 1. The number of rotatable bonds is 5. The van der Waals surface area contributed by atoms with E-state index in [0.717, 1.165) is 17.7 Å². The lowest BCUT2D eigenvalue weighted by atomic mass is 9.91. The fourth-order valence-corrected chi connectivity index (χ4v) is 4.47. The van der Waals surface area contributed by atoms with Crippen molar-refractivity contribution in [3.63, 3.8) is 0 Å². The van der Waals surface area contributed by atoms with E-state index in [9.17, 15) is 0 Å². The van der Waals surface area contributed by atoms with E-state index in [1.807, 2.05) is 25.1 Å². The molecule has 0 saturated carbocycles. The Morgan fingerprint density at radius 1 is 1.37 bits per heavy atom. The third kappa shape index (κ3) is 4.64. The van der Waals surface area contributed by atoms with E-state index >= 15 is 0 Å². The smallest absolute Gasteiger partial charge is 0.192 e. The molecule has 0 aliphatic carbocycles. The topological polar surface area (TPSA) is 40.6 Å². The maximum atomic E-state index is 6.77. The standard InChI is InChI=1S/C22H35NO3Si/c1-10-20(26-27(8,9)21(4,5)6)22(7)17(3)24-19(14-16(2)25-22)18-12-11-13-23-15-18/h11-15,17,20H,2,10H2,1,3-9H3/t17?,20?,22-/m0/s1. The summed E-state index contributed by atoms with van der Waals surface area (Å²) in [5.74, 6) is 1.31. The van der Waals surface area contributed by atoms with Gasteiger partial charge in [-0.3, -0.25) is 4.98 Å². The Morgan fingerprint density at radius 3 is 2.56 bits per heavy atom. The van der Waals surface area contributed by atoms with Crippen LogP contribution in [0.5, 0.6) is 0 Å². The maximum absolute atomic E-state index is 6.77. The number of aromatic nitrogens is 1. The molecule has 27 heavy (non-hydrogen) atoms. The van der Waals surface area contributed by atoms with Crippen molar-refractivity contribution in [2.75, 3.05) is 0 Å². The lowest BCUT2D eigenvalue weighted by Gasteiger charge is -2.46. The van der Waals surface area contributed by atoms with E-state index in [-0.39, 0.29) is 17.2 Å². The van der Waals surface area contributed by atoms with Crippen molar-refractivity contribution in [1.82, 2.24) is 4.98 Å². The van der Waals surface area contributed by atoms with Crippen molar-refractivity contribution in [3.05, 3.63) is 48.5 Å². The van der Waals surface area contributed by atoms with Gasteiger partial charge in [0.25, 0.3) is 0 Å². The Hall–Kier alpha value is -1.59. The van der Waals surface area contributed by atoms with Gasteiger partial charge in [-0.05, 0) is 50.5 Å². The molecule has 2 heterocycles. The zero-order chi connectivity index (χ0) is 20.5. The van der Waals surface area contributed by atoms with Crippen molar-refractivity contribution in [2.45, 2.75) is 83.9 Å². The van der Waals surface area contributed by atoms with E-state index < -0.39 is 13.9 Å². The van der Waals surface area contributed by atoms with Crippen LogP contribution >= 0.6 is 0 Å². The van der Waals surface area contributed by atoms with Gasteiger partial charge in [0.05, 0.1) is 6.10 Å². The first-order valence-electron chi connectivity index (χ1n) is 9.75. The second kappa shape index (κ2) is 7.80. The van der Waals surface area contributed by atoms with Gasteiger partial charge in [-0.25, -0.2) is 0 Å². The van der Waals surface area contributed by atoms with Gasteiger partial charge >= 0.3 is 0 Å². The lowest BCUT2D eigenvalue weighted by Crippen LogP contribution is -2.56. The summed E-state index contributed by atoms with van der Waals surface area (Å²) in [4.78, 5) is 4.19. The van der Waals surface area contributed by atoms with Gasteiger partial charge in [0.1, 0.15) is 17.6 Å². The highest BCUT2D eigenvalue weighted by molar-refractivity contribution is 6.74. The fraction of sp³-hybridized carbons (Fsp3) is 0.591. The van der Waals surface area contributed by atoms with Crippen LogP contribution < -0.4 is 0 Å². The molecule has 0 N–H and O–H groups in total. The third-order valence-electron chi connectivity index (χ3n) is 5.95. The van der Waals surface area contributed by atoms with Crippen LogP contribution in [0.15, 0.2) is 42.9 Å². The monoisotopic (exact) mass is 389 g/mol. The number of hydrogen-bond donors (Lipinski definition) is 0. The zero-order valence-corrected chi connectivity index (χ0v) is 19.1. The highest BCUT2D eigenvalue weighted by atomic mass is 28.4. The van der Waals surface area contributed by atoms with Crippen LogP contribution in [0.2, 0.25) is 18.1 Å². The van der Waals surface area contributed by atoms with E-state index in [1.165, 1.54) is 0 Å². The van der Waals surface area contributed by atoms with Crippen molar-refractivity contribution >= 4 is 14.1 Å². The summed E-state index contributed by atoms with van der Waals surface area (Å²) in [6, 6.07) is 3.87. The first kappa shape index (κ1) is 21.7. The second-order valence-corrected chi connectivity index (χ2v) is 13.8. The molecule has 0 radical (unpaired) electrons. The molecule has 2 unspecified atom stereocenters. The predicted molar refractivity (Wildman–Crippen MR) is 114 cm³/mol. The molecule has 1 aromatic heterocycles. The summed E-state index contributed by atoms with van der Waals surface area (Å²) in [6.07, 6.45) is 5.92. The first-order chi connectivity index (χ1) is 12.4. The molecule has 0 bridgehead atoms. The molecule has 5 heteroatoms. The summed E-state index contributed by atoms with van der Waals surface area (Å²) in [6.45, 7) is 21.7. The molecule has 0 spiro atoms. The summed E-state index contributed by atoms with van der Waals surface area (Å²) in [5, 5.41) is 0.127. The van der Waals surface area contributed by atoms with Gasteiger partial charge in [-0.15, -0.1) is 0 Å². The number of hydrogen-bond acceptors (Lipinski definition) is 4. The fourth-order valence-electron chi connectivity index (χ4n) is 3.01. The molecule has 3 atom stereocenters. The summed E-state index contributed by atoms with van der Waals surface area (Å²) in [5.41, 5.74) is 0.277. The van der Waals surface area contributed by atoms with Crippen molar-refractivity contribution in [1.29, 1.82) is 0 Å². The minimum absolute atomic E-state index is 0.0909. The SMILES string of the molecule is C=C1C=C(c2cccnc2)OC(C)[C@@](C)(C(CC)O[Si](C)(C)C(C)(C)C)O1. The highest BCUT2D eigenvalue weighted by Crippen LogP contribution is 2.42. The van der Waals surface area contributed by atoms with E-state index in [1.54, 1.807) is 12.4 Å². The molecular weight excluding hydrogens is 354 g/mol. The van der Waals surface area contributed by atoms with Gasteiger partial charge < -0.3 is 13.9 Å². The molecular formula is C22H35NO3Si. The Labute approximate surface area is 165 Å². The maximum Gasteiger partial charge on any atom is 0.192 e. The van der Waals surface area contributed by atoms with E-state index in [0.29, 0.717) is 5.76 Å². The first-order valence-corrected chi connectivity index (χ1v) is 12.7. The van der Waals surface area contributed by atoms with Gasteiger partial charge in [0, 0.05) is 24.0 Å². The van der Waals surface area contributed by atoms with Crippen molar-refractivity contribution < 1.29 is 13.9 Å². The number of ether oxygens (including phenoxy) is 2. The van der Waals surface area contributed by atoms with Crippen LogP contribution in [0.4, 0.5) is 0 Å². The Balaban J connectivity index is 2.32. The van der Waals surface area contributed by atoms with Gasteiger partial charge in [-0.2, -0.15) is 0 Å². The van der Waals surface area contributed by atoms with Crippen LogP contribution in [-0.2, 0) is 13.9 Å². The Kier molecular flexibility index (Phi) is 6.27. The average Bonchev–Trinajstić information content (AvgIpc) is 2.69. The van der Waals surface area contributed by atoms with Crippen LogP contribution in [0.25, 0.3) is 5.76 Å². The second-order valence-electron chi connectivity index (χ2n) is 9.04. The third-order valence-corrected chi connectivity index (χ3v) is 10.4. The van der Waals surface area contributed by atoms with E-state index in [2.05, 4.69) is 59.3 Å². The van der Waals surface area contributed by atoms with Crippen molar-refractivity contribution in [3.8, 4) is 0 Å². The molecule has 2 rings (SSSR count). The summed E-state index contributed by atoms with van der Waals surface area (Å²) < 4.78 is 19.5. The molecule has 0 aromatic carbocycles. The molecule has 150 valence electrons. The quantitative estimate of drug-likeness (QED) is 0.585. The predicted octanol–water partition coefficient (Wildman–Crippen LogP) is 5.93. The van der Waals surface area contributed by atoms with Gasteiger partial charge in [-0.1, -0.05) is 34.3 Å². The molecule has 1 aromatic rings. The minimum Gasteiger partial charge on any atom is -0.486 e. The molecule has 1 aliphatic rings. The Bertz CT molecular complexity index is 693. The summed E-state index contributed by atoms with van der Waals surface area (Å²) >= 11 is 0. The van der Waals surface area contributed by atoms with Crippen LogP contribution in [0, 0.1) is 0 Å². The zero-order valence-electron chi connectivity index (χ0n) is 18.1. The molecule has 0 amide bonds. The molecule has 4 nitrogen and oxygen atoms in total. The normalized spacial score (nSPS) is 25.1. The number of nitrogens with zero attached hydrogens (tertiary/aromatic N) is 1. The molecule has 1 aliphatic heterocycles.